The third kappa shape index (κ3) is 7.42. The molecule has 178 valence electrons. The van der Waals surface area contributed by atoms with E-state index in [-0.39, 0.29) is 18.0 Å². The lowest BCUT2D eigenvalue weighted by molar-refractivity contribution is -0.149. The van der Waals surface area contributed by atoms with Gasteiger partial charge in [0.2, 0.25) is 5.91 Å². The summed E-state index contributed by atoms with van der Waals surface area (Å²) in [5.41, 5.74) is 0.921. The lowest BCUT2D eigenvalue weighted by atomic mass is 10.0. The summed E-state index contributed by atoms with van der Waals surface area (Å²) in [6.45, 7) is 2.09. The lowest BCUT2D eigenvalue weighted by Crippen LogP contribution is -2.52. The van der Waals surface area contributed by atoms with E-state index < -0.39 is 36.0 Å². The fourth-order valence-corrected chi connectivity index (χ4v) is 3.64. The van der Waals surface area contributed by atoms with Crippen molar-refractivity contribution in [2.24, 2.45) is 0 Å². The van der Waals surface area contributed by atoms with Crippen LogP contribution in [-0.2, 0) is 28.7 Å². The Balaban J connectivity index is 0.000000414. The standard InChI is InChI=1S/C18H22N2O5.C4H4O4/c1-11(16(21)20-9-5-8-14(20)17(22)23)19-13-10-15(25-18(13)24)12-6-3-2-4-7-12;5-3(6)1-2-4(7)8/h2-4,6-7,11,13-15,19H,5,8-10H2,1H3,(H,22,23);1-2H,(H,5,6)(H,7,8)/b;2-1-/t11-,13-,14-,15-;/m0./s1. The summed E-state index contributed by atoms with van der Waals surface area (Å²) >= 11 is 0. The van der Waals surface area contributed by atoms with Gasteiger partial charge >= 0.3 is 23.9 Å². The second kappa shape index (κ2) is 11.8. The Morgan fingerprint density at radius 1 is 1.09 bits per heavy atom. The number of likely N-dealkylation sites (tertiary alicyclic amines) is 1. The normalized spacial score (nSPS) is 22.9. The Labute approximate surface area is 189 Å². The number of esters is 1. The zero-order chi connectivity index (χ0) is 24.5. The summed E-state index contributed by atoms with van der Waals surface area (Å²) in [6, 6.07) is 7.47. The molecule has 3 rings (SSSR count). The maximum absolute atomic E-state index is 12.6. The summed E-state index contributed by atoms with van der Waals surface area (Å²) in [7, 11) is 0. The predicted molar refractivity (Wildman–Crippen MR) is 113 cm³/mol. The van der Waals surface area contributed by atoms with Crippen LogP contribution in [-0.4, -0.2) is 74.7 Å². The number of benzene rings is 1. The van der Waals surface area contributed by atoms with E-state index in [0.29, 0.717) is 38.0 Å². The van der Waals surface area contributed by atoms with Crippen molar-refractivity contribution in [1.82, 2.24) is 10.2 Å². The van der Waals surface area contributed by atoms with Crippen LogP contribution in [0.4, 0.5) is 0 Å². The summed E-state index contributed by atoms with van der Waals surface area (Å²) in [6.07, 6.45) is 2.38. The van der Waals surface area contributed by atoms with E-state index in [1.165, 1.54) is 4.90 Å². The fraction of sp³-hybridized carbons (Fsp3) is 0.409. The molecule has 33 heavy (non-hydrogen) atoms. The number of carboxylic acid groups (broad SMARTS) is 3. The van der Waals surface area contributed by atoms with E-state index in [1.807, 2.05) is 30.3 Å². The van der Waals surface area contributed by atoms with Crippen molar-refractivity contribution >= 4 is 29.8 Å². The molecule has 0 aliphatic carbocycles. The van der Waals surface area contributed by atoms with Crippen molar-refractivity contribution in [1.29, 1.82) is 0 Å². The van der Waals surface area contributed by atoms with Crippen LogP contribution in [0.1, 0.15) is 37.9 Å². The number of aliphatic carboxylic acids is 3. The molecule has 1 aromatic carbocycles. The van der Waals surface area contributed by atoms with Crippen LogP contribution >= 0.6 is 0 Å². The van der Waals surface area contributed by atoms with Gasteiger partial charge in [0.25, 0.3) is 0 Å². The number of nitrogens with zero attached hydrogens (tertiary/aromatic N) is 1. The van der Waals surface area contributed by atoms with Crippen molar-refractivity contribution in [2.45, 2.75) is 50.4 Å². The summed E-state index contributed by atoms with van der Waals surface area (Å²) in [5, 5.41) is 27.8. The number of ether oxygens (including phenoxy) is 1. The predicted octanol–water partition coefficient (Wildman–Crippen LogP) is 0.809. The Morgan fingerprint density at radius 2 is 1.70 bits per heavy atom. The smallest absolute Gasteiger partial charge is 0.328 e. The SMILES string of the molecule is C[C@H](N[C@H]1C[C@@H](c2ccccc2)OC1=O)C(=O)N1CCC[C@H]1C(=O)O.O=C(O)/C=C\C(=O)O. The molecule has 11 heteroatoms. The van der Waals surface area contributed by atoms with Gasteiger partial charge in [-0.05, 0) is 25.3 Å². The molecule has 11 nitrogen and oxygen atoms in total. The van der Waals surface area contributed by atoms with E-state index in [1.54, 1.807) is 6.92 Å². The molecular formula is C22H26N2O9. The van der Waals surface area contributed by atoms with Gasteiger partial charge in [0.05, 0.1) is 6.04 Å². The summed E-state index contributed by atoms with van der Waals surface area (Å²) in [5.74, 6) is -4.17. The van der Waals surface area contributed by atoms with Gasteiger partial charge in [-0.25, -0.2) is 14.4 Å². The topological polar surface area (TPSA) is 171 Å². The second-order valence-corrected chi connectivity index (χ2v) is 7.55. The van der Waals surface area contributed by atoms with Crippen LogP contribution in [0.2, 0.25) is 0 Å². The highest BCUT2D eigenvalue weighted by atomic mass is 16.6. The summed E-state index contributed by atoms with van der Waals surface area (Å²) < 4.78 is 5.41. The maximum atomic E-state index is 12.6. The molecule has 0 unspecified atom stereocenters. The Hall–Kier alpha value is -3.73. The highest BCUT2D eigenvalue weighted by molar-refractivity contribution is 5.89. The van der Waals surface area contributed by atoms with Crippen LogP contribution in [0.3, 0.4) is 0 Å². The van der Waals surface area contributed by atoms with E-state index in [4.69, 9.17) is 14.9 Å². The third-order valence-electron chi connectivity index (χ3n) is 5.18. The Bertz CT molecular complexity index is 900. The average molecular weight is 462 g/mol. The first kappa shape index (κ1) is 25.5. The van der Waals surface area contributed by atoms with E-state index in [2.05, 4.69) is 5.32 Å². The zero-order valence-corrected chi connectivity index (χ0v) is 17.9. The maximum Gasteiger partial charge on any atom is 0.328 e. The van der Waals surface area contributed by atoms with Crippen LogP contribution in [0.15, 0.2) is 42.5 Å². The first-order valence-electron chi connectivity index (χ1n) is 10.3. The van der Waals surface area contributed by atoms with Gasteiger partial charge in [-0.3, -0.25) is 14.9 Å². The van der Waals surface area contributed by atoms with E-state index >= 15 is 0 Å². The molecule has 0 saturated carbocycles. The van der Waals surface area contributed by atoms with E-state index in [0.717, 1.165) is 5.56 Å². The Morgan fingerprint density at radius 3 is 2.24 bits per heavy atom. The van der Waals surface area contributed by atoms with Gasteiger partial charge < -0.3 is 25.0 Å². The van der Waals surface area contributed by atoms with Crippen LogP contribution in [0.25, 0.3) is 0 Å². The summed E-state index contributed by atoms with van der Waals surface area (Å²) in [4.78, 5) is 56.4. The second-order valence-electron chi connectivity index (χ2n) is 7.55. The molecule has 0 bridgehead atoms. The number of hydrogen-bond acceptors (Lipinski definition) is 7. The molecule has 2 aliphatic rings. The number of carboxylic acids is 3. The molecule has 0 radical (unpaired) electrons. The van der Waals surface area contributed by atoms with Gasteiger partial charge in [-0.1, -0.05) is 30.3 Å². The number of amides is 1. The highest BCUT2D eigenvalue weighted by Gasteiger charge is 2.40. The molecule has 2 saturated heterocycles. The van der Waals surface area contributed by atoms with Gasteiger partial charge in [0.1, 0.15) is 18.2 Å². The number of hydrogen-bond donors (Lipinski definition) is 4. The molecule has 2 heterocycles. The molecule has 1 amide bonds. The average Bonchev–Trinajstić information content (AvgIpc) is 3.40. The quantitative estimate of drug-likeness (QED) is 0.336. The number of carbonyl (C=O) groups is 5. The van der Waals surface area contributed by atoms with Crippen molar-refractivity contribution in [3.05, 3.63) is 48.0 Å². The fourth-order valence-electron chi connectivity index (χ4n) is 3.64. The molecule has 0 aromatic heterocycles. The van der Waals surface area contributed by atoms with Crippen LogP contribution < -0.4 is 5.32 Å². The highest BCUT2D eigenvalue weighted by Crippen LogP contribution is 2.30. The van der Waals surface area contributed by atoms with Gasteiger partial charge in [0.15, 0.2) is 0 Å². The first-order chi connectivity index (χ1) is 15.6. The van der Waals surface area contributed by atoms with Crippen LogP contribution in [0, 0.1) is 0 Å². The molecule has 0 spiro atoms. The first-order valence-corrected chi connectivity index (χ1v) is 10.3. The number of nitrogens with one attached hydrogen (secondary N) is 1. The van der Waals surface area contributed by atoms with Crippen molar-refractivity contribution in [3.63, 3.8) is 0 Å². The van der Waals surface area contributed by atoms with Crippen molar-refractivity contribution in [3.8, 4) is 0 Å². The minimum atomic E-state index is -1.26. The minimum absolute atomic E-state index is 0.291. The third-order valence-corrected chi connectivity index (χ3v) is 5.18. The lowest BCUT2D eigenvalue weighted by Gasteiger charge is -2.26. The van der Waals surface area contributed by atoms with Crippen molar-refractivity contribution < 1.29 is 44.0 Å². The minimum Gasteiger partial charge on any atom is -0.480 e. The molecule has 1 aromatic rings. The molecule has 2 aliphatic heterocycles. The number of cyclic esters (lactones) is 1. The number of rotatable bonds is 7. The molecule has 2 fully saturated rings. The van der Waals surface area contributed by atoms with Crippen LogP contribution in [0.5, 0.6) is 0 Å². The van der Waals surface area contributed by atoms with Gasteiger partial charge in [-0.15, -0.1) is 0 Å². The molecular weight excluding hydrogens is 436 g/mol. The van der Waals surface area contributed by atoms with E-state index in [9.17, 15) is 29.1 Å². The van der Waals surface area contributed by atoms with Gasteiger partial charge in [0, 0.05) is 25.1 Å². The van der Waals surface area contributed by atoms with Crippen molar-refractivity contribution in [2.75, 3.05) is 6.54 Å². The Kier molecular flexibility index (Phi) is 9.10. The molecule has 4 atom stereocenters. The van der Waals surface area contributed by atoms with Gasteiger partial charge in [-0.2, -0.15) is 0 Å². The largest absolute Gasteiger partial charge is 0.480 e. The zero-order valence-electron chi connectivity index (χ0n) is 17.9. The molecule has 4 N–H and O–H groups in total. The monoisotopic (exact) mass is 462 g/mol. The number of carbonyl (C=O) groups excluding carboxylic acids is 2.